The third kappa shape index (κ3) is 2.96. The summed E-state index contributed by atoms with van der Waals surface area (Å²) in [6.07, 6.45) is 1.79. The maximum atomic E-state index is 12.0. The highest BCUT2D eigenvalue weighted by Crippen LogP contribution is 2.27. The number of carbonyl (C=O) groups is 1. The van der Waals surface area contributed by atoms with E-state index in [1.165, 1.54) is 12.7 Å². The molecule has 1 heterocycles. The van der Waals surface area contributed by atoms with Gasteiger partial charge in [-0.2, -0.15) is 0 Å². The van der Waals surface area contributed by atoms with Gasteiger partial charge in [0.25, 0.3) is 0 Å². The van der Waals surface area contributed by atoms with Gasteiger partial charge < -0.3 is 14.4 Å². The van der Waals surface area contributed by atoms with Crippen LogP contribution >= 0.6 is 0 Å². The molecule has 0 spiro atoms. The molecule has 1 saturated heterocycles. The number of anilines is 1. The van der Waals surface area contributed by atoms with Gasteiger partial charge in [0.05, 0.1) is 25.9 Å². The number of morpholine rings is 1. The number of benzene rings is 1. The van der Waals surface area contributed by atoms with E-state index in [1.807, 2.05) is 6.07 Å². The molecule has 0 aliphatic carbocycles. The van der Waals surface area contributed by atoms with Crippen LogP contribution in [0.3, 0.4) is 0 Å². The molecule has 0 saturated carbocycles. The summed E-state index contributed by atoms with van der Waals surface area (Å²) in [6, 6.07) is 4.14. The van der Waals surface area contributed by atoms with E-state index >= 15 is 0 Å². The molecule has 110 valence electrons. The van der Waals surface area contributed by atoms with Crippen molar-refractivity contribution in [2.24, 2.45) is 0 Å². The lowest BCUT2D eigenvalue weighted by molar-refractivity contribution is 0.0599. The SMILES string of the molecule is CCc1cc(CC)c(N2CCOCC2)cc1C(=O)OC. The number of aryl methyl sites for hydroxylation is 2. The summed E-state index contributed by atoms with van der Waals surface area (Å²) in [6.45, 7) is 7.45. The minimum absolute atomic E-state index is 0.251. The van der Waals surface area contributed by atoms with Gasteiger partial charge in [0.2, 0.25) is 0 Å². The molecule has 0 unspecified atom stereocenters. The fourth-order valence-electron chi connectivity index (χ4n) is 2.66. The molecular weight excluding hydrogens is 254 g/mol. The summed E-state index contributed by atoms with van der Waals surface area (Å²) in [5.41, 5.74) is 4.18. The Morgan fingerprint density at radius 2 is 1.85 bits per heavy atom. The van der Waals surface area contributed by atoms with Crippen molar-refractivity contribution in [3.05, 3.63) is 28.8 Å². The number of methoxy groups -OCH3 is 1. The van der Waals surface area contributed by atoms with E-state index in [9.17, 15) is 4.79 Å². The maximum Gasteiger partial charge on any atom is 0.338 e. The predicted octanol–water partition coefficient (Wildman–Crippen LogP) is 2.43. The largest absolute Gasteiger partial charge is 0.465 e. The Morgan fingerprint density at radius 1 is 1.20 bits per heavy atom. The lowest BCUT2D eigenvalue weighted by Gasteiger charge is -2.31. The Labute approximate surface area is 120 Å². The van der Waals surface area contributed by atoms with Crippen LogP contribution in [0, 0.1) is 0 Å². The molecule has 0 bridgehead atoms. The third-order valence-corrected chi connectivity index (χ3v) is 3.82. The second-order valence-corrected chi connectivity index (χ2v) is 4.94. The highest BCUT2D eigenvalue weighted by Gasteiger charge is 2.19. The summed E-state index contributed by atoms with van der Waals surface area (Å²) in [4.78, 5) is 14.3. The highest BCUT2D eigenvalue weighted by atomic mass is 16.5. The highest BCUT2D eigenvalue weighted by molar-refractivity contribution is 5.92. The van der Waals surface area contributed by atoms with Gasteiger partial charge in [0, 0.05) is 18.8 Å². The van der Waals surface area contributed by atoms with Crippen molar-refractivity contribution in [3.8, 4) is 0 Å². The molecule has 0 atom stereocenters. The molecular formula is C16H23NO3. The van der Waals surface area contributed by atoms with Crippen LogP contribution in [0.25, 0.3) is 0 Å². The van der Waals surface area contributed by atoms with Crippen molar-refractivity contribution in [2.45, 2.75) is 26.7 Å². The number of rotatable bonds is 4. The fraction of sp³-hybridized carbons (Fsp3) is 0.562. The first kappa shape index (κ1) is 14.9. The lowest BCUT2D eigenvalue weighted by atomic mass is 9.97. The Hall–Kier alpha value is -1.55. The van der Waals surface area contributed by atoms with Gasteiger partial charge >= 0.3 is 5.97 Å². The molecule has 1 fully saturated rings. The molecule has 20 heavy (non-hydrogen) atoms. The van der Waals surface area contributed by atoms with Gasteiger partial charge in [-0.3, -0.25) is 0 Å². The van der Waals surface area contributed by atoms with Crippen molar-refractivity contribution in [3.63, 3.8) is 0 Å². The van der Waals surface area contributed by atoms with Crippen molar-refractivity contribution >= 4 is 11.7 Å². The molecule has 2 rings (SSSR count). The molecule has 4 nitrogen and oxygen atoms in total. The molecule has 1 aliphatic heterocycles. The number of hydrogen-bond donors (Lipinski definition) is 0. The van der Waals surface area contributed by atoms with Gasteiger partial charge in [-0.15, -0.1) is 0 Å². The second-order valence-electron chi connectivity index (χ2n) is 4.94. The van der Waals surface area contributed by atoms with Crippen molar-refractivity contribution in [1.82, 2.24) is 0 Å². The van der Waals surface area contributed by atoms with E-state index in [4.69, 9.17) is 9.47 Å². The number of esters is 1. The second kappa shape index (κ2) is 6.75. The van der Waals surface area contributed by atoms with Crippen LogP contribution in [-0.4, -0.2) is 39.4 Å². The first-order valence-corrected chi connectivity index (χ1v) is 7.28. The van der Waals surface area contributed by atoms with Gasteiger partial charge in [-0.25, -0.2) is 4.79 Å². The summed E-state index contributed by atoms with van der Waals surface area (Å²) in [5.74, 6) is -0.251. The minimum Gasteiger partial charge on any atom is -0.465 e. The Kier molecular flexibility index (Phi) is 5.01. The zero-order valence-corrected chi connectivity index (χ0v) is 12.6. The van der Waals surface area contributed by atoms with E-state index < -0.39 is 0 Å². The number of hydrogen-bond acceptors (Lipinski definition) is 4. The Balaban J connectivity index is 2.45. The standard InChI is InChI=1S/C16H23NO3/c1-4-12-10-13(5-2)15(11-14(12)16(18)19-3)17-6-8-20-9-7-17/h10-11H,4-9H2,1-3H3. The number of ether oxygens (including phenoxy) is 2. The van der Waals surface area contributed by atoms with Crippen molar-refractivity contribution < 1.29 is 14.3 Å². The molecule has 1 aromatic rings. The predicted molar refractivity (Wildman–Crippen MR) is 79.6 cm³/mol. The van der Waals surface area contributed by atoms with Crippen LogP contribution < -0.4 is 4.90 Å². The minimum atomic E-state index is -0.251. The molecule has 0 radical (unpaired) electrons. The summed E-state index contributed by atoms with van der Waals surface area (Å²) in [5, 5.41) is 0. The van der Waals surface area contributed by atoms with Crippen LogP contribution in [0.15, 0.2) is 12.1 Å². The van der Waals surface area contributed by atoms with Crippen molar-refractivity contribution in [1.29, 1.82) is 0 Å². The number of nitrogens with zero attached hydrogens (tertiary/aromatic N) is 1. The summed E-state index contributed by atoms with van der Waals surface area (Å²) >= 11 is 0. The van der Waals surface area contributed by atoms with Gasteiger partial charge in [0.15, 0.2) is 0 Å². The smallest absolute Gasteiger partial charge is 0.338 e. The van der Waals surface area contributed by atoms with Crippen molar-refractivity contribution in [2.75, 3.05) is 38.3 Å². The average molecular weight is 277 g/mol. The monoisotopic (exact) mass is 277 g/mol. The molecule has 1 aromatic carbocycles. The van der Waals surface area contributed by atoms with E-state index in [-0.39, 0.29) is 5.97 Å². The van der Waals surface area contributed by atoms with Crippen LogP contribution in [0.1, 0.15) is 35.3 Å². The van der Waals surface area contributed by atoms with E-state index in [0.29, 0.717) is 5.56 Å². The Bertz CT molecular complexity index is 479. The quantitative estimate of drug-likeness (QED) is 0.792. The van der Waals surface area contributed by atoms with E-state index in [0.717, 1.165) is 50.4 Å². The van der Waals surface area contributed by atoms with Gasteiger partial charge in [-0.1, -0.05) is 19.9 Å². The van der Waals surface area contributed by atoms with E-state index in [1.54, 1.807) is 0 Å². The topological polar surface area (TPSA) is 38.8 Å². The maximum absolute atomic E-state index is 12.0. The third-order valence-electron chi connectivity index (χ3n) is 3.82. The lowest BCUT2D eigenvalue weighted by Crippen LogP contribution is -2.37. The molecule has 1 aliphatic rings. The molecule has 0 N–H and O–H groups in total. The zero-order valence-electron chi connectivity index (χ0n) is 12.6. The molecule has 4 heteroatoms. The van der Waals surface area contributed by atoms with E-state index in [2.05, 4.69) is 24.8 Å². The number of carbonyl (C=O) groups excluding carboxylic acids is 1. The first-order valence-electron chi connectivity index (χ1n) is 7.28. The van der Waals surface area contributed by atoms with Crippen LogP contribution in [0.5, 0.6) is 0 Å². The van der Waals surface area contributed by atoms with Gasteiger partial charge in [0.1, 0.15) is 0 Å². The normalized spacial score (nSPS) is 15.2. The van der Waals surface area contributed by atoms with Crippen LogP contribution in [0.4, 0.5) is 5.69 Å². The molecule has 0 aromatic heterocycles. The van der Waals surface area contributed by atoms with Gasteiger partial charge in [-0.05, 0) is 30.0 Å². The summed E-state index contributed by atoms with van der Waals surface area (Å²) < 4.78 is 10.3. The van der Waals surface area contributed by atoms with Crippen LogP contribution in [-0.2, 0) is 22.3 Å². The zero-order chi connectivity index (χ0) is 14.5. The molecule has 0 amide bonds. The fourth-order valence-corrected chi connectivity index (χ4v) is 2.66. The average Bonchev–Trinajstić information content (AvgIpc) is 2.53. The first-order chi connectivity index (χ1) is 9.71. The summed E-state index contributed by atoms with van der Waals surface area (Å²) in [7, 11) is 1.43. The Morgan fingerprint density at radius 3 is 2.40 bits per heavy atom. The van der Waals surface area contributed by atoms with Crippen LogP contribution in [0.2, 0.25) is 0 Å².